The van der Waals surface area contributed by atoms with Crippen molar-refractivity contribution < 1.29 is 17.6 Å². The van der Waals surface area contributed by atoms with E-state index in [2.05, 4.69) is 29.3 Å². The molecule has 0 radical (unpaired) electrons. The lowest BCUT2D eigenvalue weighted by molar-refractivity contribution is -0.120. The number of nitrogens with zero attached hydrogens (tertiary/aromatic N) is 2. The lowest BCUT2D eigenvalue weighted by Crippen LogP contribution is -2.41. The van der Waals surface area contributed by atoms with E-state index in [4.69, 9.17) is 0 Å². The number of halogens is 1. The first-order chi connectivity index (χ1) is 14.6. The zero-order valence-electron chi connectivity index (χ0n) is 18.2. The first kappa shape index (κ1) is 23.1. The number of carbonyl (C=O) groups is 1. The Morgan fingerprint density at radius 1 is 1.23 bits per heavy atom. The molecule has 2 aromatic rings. The predicted octanol–water partition coefficient (Wildman–Crippen LogP) is 3.71. The van der Waals surface area contributed by atoms with Gasteiger partial charge in [0.25, 0.3) is 0 Å². The highest BCUT2D eigenvalue weighted by atomic mass is 32.2. The third-order valence-electron chi connectivity index (χ3n) is 5.60. The Bertz CT molecular complexity index is 1010. The van der Waals surface area contributed by atoms with Crippen LogP contribution in [0, 0.1) is 11.7 Å². The summed E-state index contributed by atoms with van der Waals surface area (Å²) >= 11 is 0. The molecule has 1 aliphatic rings. The molecule has 2 aromatic carbocycles. The van der Waals surface area contributed by atoms with E-state index in [0.717, 1.165) is 34.9 Å². The Morgan fingerprint density at radius 3 is 2.52 bits per heavy atom. The highest BCUT2D eigenvalue weighted by molar-refractivity contribution is 7.92. The van der Waals surface area contributed by atoms with Crippen molar-refractivity contribution in [3.05, 3.63) is 59.9 Å². The maximum atomic E-state index is 14.1. The first-order valence-corrected chi connectivity index (χ1v) is 12.4. The average Bonchev–Trinajstić information content (AvgIpc) is 2.72. The minimum Gasteiger partial charge on any atom is -0.371 e. The van der Waals surface area contributed by atoms with Gasteiger partial charge < -0.3 is 10.2 Å². The molecule has 1 amide bonds. The second kappa shape index (κ2) is 9.68. The smallest absolute Gasteiger partial charge is 0.241 e. The fraction of sp³-hybridized carbons (Fsp3) is 0.435. The molecule has 2 atom stereocenters. The molecule has 6 nitrogen and oxygen atoms in total. The van der Waals surface area contributed by atoms with E-state index in [-0.39, 0.29) is 11.7 Å². The van der Waals surface area contributed by atoms with Crippen LogP contribution < -0.4 is 14.5 Å². The van der Waals surface area contributed by atoms with Crippen molar-refractivity contribution in [2.45, 2.75) is 32.7 Å². The van der Waals surface area contributed by atoms with Gasteiger partial charge in [-0.05, 0) is 55.5 Å². The largest absolute Gasteiger partial charge is 0.371 e. The molecule has 31 heavy (non-hydrogen) atoms. The fourth-order valence-corrected chi connectivity index (χ4v) is 4.79. The second-order valence-electron chi connectivity index (χ2n) is 8.30. The van der Waals surface area contributed by atoms with E-state index in [0.29, 0.717) is 5.92 Å². The number of amides is 1. The molecular formula is C23H30FN3O3S. The second-order valence-corrected chi connectivity index (χ2v) is 10.2. The maximum absolute atomic E-state index is 14.1. The summed E-state index contributed by atoms with van der Waals surface area (Å²) in [5.74, 6) is -0.523. The molecular weight excluding hydrogens is 417 g/mol. The highest BCUT2D eigenvalue weighted by Crippen LogP contribution is 2.25. The van der Waals surface area contributed by atoms with E-state index in [9.17, 15) is 17.6 Å². The van der Waals surface area contributed by atoms with E-state index in [1.807, 2.05) is 19.1 Å². The number of rotatable bonds is 7. The molecule has 1 heterocycles. The van der Waals surface area contributed by atoms with E-state index >= 15 is 0 Å². The predicted molar refractivity (Wildman–Crippen MR) is 122 cm³/mol. The number of anilines is 2. The quantitative estimate of drug-likeness (QED) is 0.703. The number of piperidine rings is 1. The van der Waals surface area contributed by atoms with Crippen molar-refractivity contribution in [3.63, 3.8) is 0 Å². The lowest BCUT2D eigenvalue weighted by Gasteiger charge is -2.33. The molecule has 1 N–H and O–H groups in total. The van der Waals surface area contributed by atoms with Crippen molar-refractivity contribution in [2.75, 3.05) is 35.1 Å². The van der Waals surface area contributed by atoms with Crippen LogP contribution in [-0.2, 0) is 14.8 Å². The van der Waals surface area contributed by atoms with Crippen LogP contribution in [0.2, 0.25) is 0 Å². The topological polar surface area (TPSA) is 69.7 Å². The highest BCUT2D eigenvalue weighted by Gasteiger charge is 2.24. The molecule has 1 fully saturated rings. The van der Waals surface area contributed by atoms with Crippen LogP contribution in [0.15, 0.2) is 48.5 Å². The van der Waals surface area contributed by atoms with Crippen LogP contribution in [-0.4, -0.2) is 40.2 Å². The standard InChI is InChI=1S/C23H30FN3O3S/c1-17-7-6-14-26(15-17)20-12-10-19(11-13-20)18(2)25-23(28)16-27(31(3,29)30)22-9-5-4-8-21(22)24/h4-5,8-13,17-18H,6-7,14-16H2,1-3H3,(H,25,28)/t17-,18+/m1/s1. The zero-order valence-corrected chi connectivity index (χ0v) is 19.0. The first-order valence-electron chi connectivity index (χ1n) is 10.5. The monoisotopic (exact) mass is 447 g/mol. The fourth-order valence-electron chi connectivity index (χ4n) is 3.93. The van der Waals surface area contributed by atoms with E-state index in [1.54, 1.807) is 0 Å². The SMILES string of the molecule is C[C@@H]1CCCN(c2ccc([C@H](C)NC(=O)CN(c3ccccc3F)S(C)(=O)=O)cc2)C1. The van der Waals surface area contributed by atoms with E-state index < -0.39 is 28.3 Å². The van der Waals surface area contributed by atoms with Gasteiger partial charge >= 0.3 is 0 Å². The molecule has 0 aromatic heterocycles. The summed E-state index contributed by atoms with van der Waals surface area (Å²) < 4.78 is 39.2. The Kier molecular flexibility index (Phi) is 7.20. The Hall–Kier alpha value is -2.61. The lowest BCUT2D eigenvalue weighted by atomic mass is 9.99. The summed E-state index contributed by atoms with van der Waals surface area (Å²) in [4.78, 5) is 14.9. The minimum absolute atomic E-state index is 0.145. The average molecular weight is 448 g/mol. The third kappa shape index (κ3) is 5.97. The number of hydrogen-bond acceptors (Lipinski definition) is 4. The molecule has 0 spiro atoms. The van der Waals surface area contributed by atoms with E-state index in [1.165, 1.54) is 37.1 Å². The summed E-state index contributed by atoms with van der Waals surface area (Å²) in [6.07, 6.45) is 3.40. The van der Waals surface area contributed by atoms with Gasteiger partial charge in [0.1, 0.15) is 12.4 Å². The Labute approximate surface area is 184 Å². The van der Waals surface area contributed by atoms with Crippen LogP contribution in [0.5, 0.6) is 0 Å². The third-order valence-corrected chi connectivity index (χ3v) is 6.73. The van der Waals surface area contributed by atoms with Gasteiger partial charge in [0.05, 0.1) is 18.0 Å². The van der Waals surface area contributed by atoms with Crippen molar-refractivity contribution in [1.29, 1.82) is 0 Å². The molecule has 0 saturated carbocycles. The summed E-state index contributed by atoms with van der Waals surface area (Å²) in [7, 11) is -3.83. The van der Waals surface area contributed by atoms with Gasteiger partial charge in [0.15, 0.2) is 0 Å². The van der Waals surface area contributed by atoms with Crippen molar-refractivity contribution in [3.8, 4) is 0 Å². The number of hydrogen-bond donors (Lipinski definition) is 1. The van der Waals surface area contributed by atoms with Gasteiger partial charge in [-0.25, -0.2) is 12.8 Å². The minimum atomic E-state index is -3.83. The molecule has 0 unspecified atom stereocenters. The zero-order chi connectivity index (χ0) is 22.6. The number of para-hydroxylation sites is 1. The van der Waals surface area contributed by atoms with Gasteiger partial charge in [-0.3, -0.25) is 9.10 Å². The van der Waals surface area contributed by atoms with Gasteiger partial charge in [-0.2, -0.15) is 0 Å². The Balaban J connectivity index is 1.66. The van der Waals surface area contributed by atoms with Crippen molar-refractivity contribution in [1.82, 2.24) is 5.32 Å². The van der Waals surface area contributed by atoms with Crippen LogP contribution in [0.4, 0.5) is 15.8 Å². The summed E-state index contributed by atoms with van der Waals surface area (Å²) in [5.41, 5.74) is 1.93. The van der Waals surface area contributed by atoms with Gasteiger partial charge in [0, 0.05) is 18.8 Å². The number of sulfonamides is 1. The number of nitrogens with one attached hydrogen (secondary N) is 1. The van der Waals surface area contributed by atoms with Gasteiger partial charge in [-0.15, -0.1) is 0 Å². The molecule has 0 bridgehead atoms. The summed E-state index contributed by atoms with van der Waals surface area (Å²) in [5, 5.41) is 2.81. The molecule has 8 heteroatoms. The molecule has 168 valence electrons. The number of carbonyl (C=O) groups excluding carboxylic acids is 1. The van der Waals surface area contributed by atoms with Crippen LogP contribution in [0.3, 0.4) is 0 Å². The summed E-state index contributed by atoms with van der Waals surface area (Å²) in [6.45, 7) is 5.70. The molecule has 3 rings (SSSR count). The number of benzene rings is 2. The molecule has 0 aliphatic carbocycles. The van der Waals surface area contributed by atoms with Crippen LogP contribution in [0.25, 0.3) is 0 Å². The van der Waals surface area contributed by atoms with Gasteiger partial charge in [0.2, 0.25) is 15.9 Å². The van der Waals surface area contributed by atoms with Crippen LogP contribution in [0.1, 0.15) is 38.3 Å². The normalized spacial score (nSPS) is 17.8. The van der Waals surface area contributed by atoms with Crippen molar-refractivity contribution >= 4 is 27.3 Å². The maximum Gasteiger partial charge on any atom is 0.241 e. The Morgan fingerprint density at radius 2 is 1.90 bits per heavy atom. The van der Waals surface area contributed by atoms with Crippen molar-refractivity contribution in [2.24, 2.45) is 5.92 Å². The summed E-state index contributed by atoms with van der Waals surface area (Å²) in [6, 6.07) is 13.2. The molecule has 1 aliphatic heterocycles. The van der Waals surface area contributed by atoms with Crippen LogP contribution >= 0.6 is 0 Å². The molecule has 1 saturated heterocycles. The van der Waals surface area contributed by atoms with Gasteiger partial charge in [-0.1, -0.05) is 31.2 Å².